The van der Waals surface area contributed by atoms with Gasteiger partial charge in [0.2, 0.25) is 0 Å². The predicted octanol–water partition coefficient (Wildman–Crippen LogP) is 0.259. The van der Waals surface area contributed by atoms with Crippen molar-refractivity contribution in [1.29, 1.82) is 0 Å². The van der Waals surface area contributed by atoms with E-state index in [9.17, 15) is 9.59 Å². The zero-order valence-corrected chi connectivity index (χ0v) is 18.3. The molecule has 8 N–H and O–H groups in total. The Morgan fingerprint density at radius 1 is 0.567 bits per heavy atom. The summed E-state index contributed by atoms with van der Waals surface area (Å²) in [5, 5.41) is 50.0. The third kappa shape index (κ3) is 37.5. The van der Waals surface area contributed by atoms with Crippen molar-refractivity contribution in [3.8, 4) is 0 Å². The Balaban J connectivity index is -0.000000442. The van der Waals surface area contributed by atoms with Crippen LogP contribution in [0.3, 0.4) is 0 Å². The van der Waals surface area contributed by atoms with Gasteiger partial charge in [-0.2, -0.15) is 0 Å². The maximum Gasteiger partial charge on any atom is 0.303 e. The van der Waals surface area contributed by atoms with E-state index in [1.807, 2.05) is 0 Å². The van der Waals surface area contributed by atoms with E-state index in [1.165, 1.54) is 0 Å². The largest absolute Gasteiger partial charge is 0.481 e. The van der Waals surface area contributed by atoms with E-state index in [2.05, 4.69) is 0 Å². The summed E-state index contributed by atoms with van der Waals surface area (Å²) in [7, 11) is 0. The molecular formula is C20H44N2O8. The van der Waals surface area contributed by atoms with Gasteiger partial charge in [-0.3, -0.25) is 14.5 Å². The van der Waals surface area contributed by atoms with Gasteiger partial charge in [-0.15, -0.1) is 0 Å². The molecule has 0 atom stereocenters. The molecule has 0 saturated heterocycles. The second-order valence-electron chi connectivity index (χ2n) is 6.64. The molecule has 0 aliphatic carbocycles. The predicted molar refractivity (Wildman–Crippen MR) is 115 cm³/mol. The van der Waals surface area contributed by atoms with E-state index in [0.717, 1.165) is 51.4 Å². The highest BCUT2D eigenvalue weighted by atomic mass is 16.4. The highest BCUT2D eigenvalue weighted by Crippen LogP contribution is 2.10. The van der Waals surface area contributed by atoms with Gasteiger partial charge in [0.05, 0.1) is 26.4 Å². The molecule has 0 aliphatic rings. The summed E-state index contributed by atoms with van der Waals surface area (Å²) in [5.41, 5.74) is 4.78. The van der Waals surface area contributed by atoms with Gasteiger partial charge >= 0.3 is 11.9 Å². The maximum atomic E-state index is 10.2. The smallest absolute Gasteiger partial charge is 0.303 e. The van der Waals surface area contributed by atoms with Gasteiger partial charge in [0.15, 0.2) is 0 Å². The van der Waals surface area contributed by atoms with Crippen LogP contribution in [0.15, 0.2) is 0 Å². The number of aliphatic hydroxyl groups is 4. The van der Waals surface area contributed by atoms with Gasteiger partial charge in [-0.25, -0.2) is 0 Å². The Morgan fingerprint density at radius 2 is 0.833 bits per heavy atom. The van der Waals surface area contributed by atoms with Crippen LogP contribution in [0.5, 0.6) is 0 Å². The van der Waals surface area contributed by atoms with E-state index in [1.54, 1.807) is 4.90 Å². The number of nitrogens with zero attached hydrogens (tertiary/aromatic N) is 1. The minimum atomic E-state index is -0.714. The van der Waals surface area contributed by atoms with Gasteiger partial charge < -0.3 is 36.4 Å². The number of aliphatic hydroxyl groups excluding tert-OH is 4. The lowest BCUT2D eigenvalue weighted by Crippen LogP contribution is -2.32. The topological polar surface area (TPSA) is 185 Å². The van der Waals surface area contributed by atoms with E-state index in [-0.39, 0.29) is 39.3 Å². The Hall–Kier alpha value is -1.30. The van der Waals surface area contributed by atoms with E-state index < -0.39 is 11.9 Å². The van der Waals surface area contributed by atoms with Crippen molar-refractivity contribution in [2.75, 3.05) is 52.6 Å². The van der Waals surface area contributed by atoms with Crippen molar-refractivity contribution in [2.24, 2.45) is 5.73 Å². The third-order valence-electron chi connectivity index (χ3n) is 3.91. The lowest BCUT2D eigenvalue weighted by molar-refractivity contribution is -0.138. The number of aliphatic carboxylic acids is 2. The molecular weight excluding hydrogens is 396 g/mol. The monoisotopic (exact) mass is 440 g/mol. The average molecular weight is 441 g/mol. The first-order valence-corrected chi connectivity index (χ1v) is 10.7. The zero-order chi connectivity index (χ0) is 23.5. The summed E-state index contributed by atoms with van der Waals surface area (Å²) in [5.74, 6) is -1.43. The Kier molecular flexibility index (Phi) is 33.2. The van der Waals surface area contributed by atoms with Crippen LogP contribution in [0.1, 0.15) is 64.2 Å². The number of hydrogen-bond acceptors (Lipinski definition) is 8. The van der Waals surface area contributed by atoms with Gasteiger partial charge in [0.25, 0.3) is 0 Å². The fraction of sp³-hybridized carbons (Fsp3) is 0.900. The van der Waals surface area contributed by atoms with Crippen LogP contribution in [0, 0.1) is 0 Å². The Morgan fingerprint density at radius 3 is 1.03 bits per heavy atom. The molecule has 0 aromatic rings. The van der Waals surface area contributed by atoms with Crippen molar-refractivity contribution in [1.82, 2.24) is 4.90 Å². The van der Waals surface area contributed by atoms with Gasteiger partial charge in [-0.1, -0.05) is 38.5 Å². The quantitative estimate of drug-likeness (QED) is 0.146. The molecule has 0 radical (unpaired) electrons. The highest BCUT2D eigenvalue weighted by molar-refractivity contribution is 5.66. The second kappa shape index (κ2) is 29.9. The van der Waals surface area contributed by atoms with Crippen LogP contribution in [-0.2, 0) is 9.59 Å². The maximum absolute atomic E-state index is 10.2. The number of carbonyl (C=O) groups is 2. The highest BCUT2D eigenvalue weighted by Gasteiger charge is 2.00. The van der Waals surface area contributed by atoms with Crippen molar-refractivity contribution < 1.29 is 40.2 Å². The number of rotatable bonds is 18. The first-order chi connectivity index (χ1) is 14.4. The third-order valence-corrected chi connectivity index (χ3v) is 3.91. The van der Waals surface area contributed by atoms with E-state index >= 15 is 0 Å². The molecule has 0 aliphatic heterocycles. The molecule has 0 aromatic carbocycles. The fourth-order valence-electron chi connectivity index (χ4n) is 2.37. The number of nitrogens with two attached hydrogens (primary N) is 1. The van der Waals surface area contributed by atoms with Crippen LogP contribution in [0.2, 0.25) is 0 Å². The standard InChI is InChI=1S/C12H22O4.C6H15NO3.C2H7NO/c13-11(14)9-7-5-3-1-2-4-6-8-10-12(15)16;8-4-1-7(2-5-9)3-6-10;3-1-2-4/h1-10H2,(H,13,14)(H,15,16);8-10H,1-6H2;4H,1-3H2. The summed E-state index contributed by atoms with van der Waals surface area (Å²) in [6.45, 7) is 2.23. The van der Waals surface area contributed by atoms with Crippen molar-refractivity contribution in [3.63, 3.8) is 0 Å². The average Bonchev–Trinajstić information content (AvgIpc) is 2.70. The zero-order valence-electron chi connectivity index (χ0n) is 18.3. The SMILES string of the molecule is NCCO.O=C(O)CCCCCCCCCCC(=O)O.OCCN(CCO)CCO. The van der Waals surface area contributed by atoms with Gasteiger partial charge in [0, 0.05) is 39.0 Å². The number of carboxylic acid groups (broad SMARTS) is 2. The lowest BCUT2D eigenvalue weighted by Gasteiger charge is -2.17. The minimum absolute atomic E-state index is 0.0694. The molecule has 0 fully saturated rings. The Labute approximate surface area is 180 Å². The first-order valence-electron chi connectivity index (χ1n) is 10.7. The molecule has 182 valence electrons. The molecule has 0 unspecified atom stereocenters. The first kappa shape index (κ1) is 33.3. The van der Waals surface area contributed by atoms with Crippen molar-refractivity contribution >= 4 is 11.9 Å². The fourth-order valence-corrected chi connectivity index (χ4v) is 2.37. The Bertz CT molecular complexity index is 321. The number of hydrogen-bond donors (Lipinski definition) is 7. The molecule has 10 nitrogen and oxygen atoms in total. The molecule has 0 bridgehead atoms. The normalized spacial score (nSPS) is 10.1. The van der Waals surface area contributed by atoms with Crippen LogP contribution in [0.25, 0.3) is 0 Å². The summed E-state index contributed by atoms with van der Waals surface area (Å²) >= 11 is 0. The van der Waals surface area contributed by atoms with Crippen LogP contribution in [-0.4, -0.2) is 100 Å². The van der Waals surface area contributed by atoms with E-state index in [0.29, 0.717) is 26.2 Å². The molecule has 0 amide bonds. The van der Waals surface area contributed by atoms with Crippen molar-refractivity contribution in [2.45, 2.75) is 64.2 Å². The lowest BCUT2D eigenvalue weighted by atomic mass is 10.1. The summed E-state index contributed by atoms with van der Waals surface area (Å²) in [6.07, 6.45) is 8.51. The van der Waals surface area contributed by atoms with Crippen LogP contribution in [0.4, 0.5) is 0 Å². The molecule has 0 rings (SSSR count). The van der Waals surface area contributed by atoms with Crippen LogP contribution < -0.4 is 5.73 Å². The second-order valence-corrected chi connectivity index (χ2v) is 6.64. The summed E-state index contributed by atoms with van der Waals surface area (Å²) < 4.78 is 0. The van der Waals surface area contributed by atoms with Gasteiger partial charge in [-0.05, 0) is 12.8 Å². The molecule has 0 spiro atoms. The summed E-state index contributed by atoms with van der Waals surface area (Å²) in [6, 6.07) is 0. The molecule has 30 heavy (non-hydrogen) atoms. The molecule has 0 aromatic heterocycles. The van der Waals surface area contributed by atoms with Gasteiger partial charge in [0.1, 0.15) is 0 Å². The molecule has 0 heterocycles. The van der Waals surface area contributed by atoms with Crippen LogP contribution >= 0.6 is 0 Å². The van der Waals surface area contributed by atoms with Crippen molar-refractivity contribution in [3.05, 3.63) is 0 Å². The summed E-state index contributed by atoms with van der Waals surface area (Å²) in [4.78, 5) is 22.2. The molecule has 0 saturated carbocycles. The minimum Gasteiger partial charge on any atom is -0.481 e. The van der Waals surface area contributed by atoms with E-state index in [4.69, 9.17) is 36.4 Å². The number of unbranched alkanes of at least 4 members (excludes halogenated alkanes) is 7. The molecule has 10 heteroatoms. The number of carboxylic acids is 2.